The number of carbonyl (C=O) groups is 1. The third kappa shape index (κ3) is 5.09. The topological polar surface area (TPSA) is 53.6 Å². The molecular formula is C17H26ClN3O2. The molecule has 0 bridgehead atoms. The third-order valence-electron chi connectivity index (χ3n) is 3.90. The third-order valence-corrected chi connectivity index (χ3v) is 4.13. The van der Waals surface area contributed by atoms with Gasteiger partial charge in [-0.2, -0.15) is 0 Å². The van der Waals surface area contributed by atoms with Crippen LogP contribution in [0, 0.1) is 5.92 Å². The average molecular weight is 340 g/mol. The summed E-state index contributed by atoms with van der Waals surface area (Å²) >= 11 is 5.95. The minimum atomic E-state index is -0.199. The Morgan fingerprint density at radius 3 is 2.52 bits per heavy atom. The van der Waals surface area contributed by atoms with Crippen molar-refractivity contribution >= 4 is 23.2 Å². The van der Waals surface area contributed by atoms with E-state index in [9.17, 15) is 4.79 Å². The zero-order chi connectivity index (χ0) is 17.0. The monoisotopic (exact) mass is 339 g/mol. The molecule has 5 nitrogen and oxygen atoms in total. The highest BCUT2D eigenvalue weighted by molar-refractivity contribution is 6.30. The van der Waals surface area contributed by atoms with E-state index in [0.717, 1.165) is 18.8 Å². The highest BCUT2D eigenvalue weighted by Gasteiger charge is 2.34. The van der Waals surface area contributed by atoms with Crippen molar-refractivity contribution in [3.63, 3.8) is 0 Å². The van der Waals surface area contributed by atoms with Crippen molar-refractivity contribution in [3.8, 4) is 0 Å². The van der Waals surface area contributed by atoms with E-state index >= 15 is 0 Å². The lowest BCUT2D eigenvalue weighted by atomic mass is 10.00. The Morgan fingerprint density at radius 1 is 1.30 bits per heavy atom. The van der Waals surface area contributed by atoms with Crippen LogP contribution >= 0.6 is 11.6 Å². The number of ether oxygens (including phenoxy) is 1. The van der Waals surface area contributed by atoms with Crippen LogP contribution in [0.25, 0.3) is 0 Å². The summed E-state index contributed by atoms with van der Waals surface area (Å²) in [6, 6.07) is 7.06. The molecule has 23 heavy (non-hydrogen) atoms. The van der Waals surface area contributed by atoms with Gasteiger partial charge in [0.25, 0.3) is 5.91 Å². The van der Waals surface area contributed by atoms with E-state index in [1.165, 1.54) is 0 Å². The Labute approximate surface area is 143 Å². The molecule has 3 unspecified atom stereocenters. The molecule has 6 heteroatoms. The molecular weight excluding hydrogens is 314 g/mol. The normalized spacial score (nSPS) is 23.6. The Hall–Kier alpha value is -1.30. The highest BCUT2D eigenvalue weighted by Crippen LogP contribution is 2.19. The number of nitrogens with zero attached hydrogens (tertiary/aromatic N) is 1. The number of carbonyl (C=O) groups excluding carboxylic acids is 1. The van der Waals surface area contributed by atoms with Gasteiger partial charge in [-0.15, -0.1) is 0 Å². The van der Waals surface area contributed by atoms with Gasteiger partial charge < -0.3 is 4.74 Å². The summed E-state index contributed by atoms with van der Waals surface area (Å²) in [7, 11) is 0. The fourth-order valence-electron chi connectivity index (χ4n) is 3.11. The summed E-state index contributed by atoms with van der Waals surface area (Å²) in [6.07, 6.45) is 0.266. The second-order valence-electron chi connectivity index (χ2n) is 6.52. The van der Waals surface area contributed by atoms with Crippen molar-refractivity contribution in [2.75, 3.05) is 18.5 Å². The minimum Gasteiger partial charge on any atom is -0.373 e. The second-order valence-corrected chi connectivity index (χ2v) is 6.96. The van der Waals surface area contributed by atoms with Crippen LogP contribution in [0.5, 0.6) is 0 Å². The first-order valence-corrected chi connectivity index (χ1v) is 8.45. The number of hydrazine groups is 1. The smallest absolute Gasteiger partial charge is 0.255 e. The van der Waals surface area contributed by atoms with Crippen LogP contribution in [-0.4, -0.2) is 42.1 Å². The van der Waals surface area contributed by atoms with Crippen LogP contribution in [0.3, 0.4) is 0 Å². The lowest BCUT2D eigenvalue weighted by Crippen LogP contribution is -2.57. The molecule has 3 atom stereocenters. The van der Waals surface area contributed by atoms with E-state index in [1.54, 1.807) is 12.1 Å². The van der Waals surface area contributed by atoms with Crippen molar-refractivity contribution < 1.29 is 9.53 Å². The van der Waals surface area contributed by atoms with Crippen LogP contribution < -0.4 is 10.9 Å². The number of halogens is 1. The summed E-state index contributed by atoms with van der Waals surface area (Å²) in [5.41, 5.74) is 6.51. The molecule has 128 valence electrons. The fourth-order valence-corrected chi connectivity index (χ4v) is 3.30. The second kappa shape index (κ2) is 7.99. The van der Waals surface area contributed by atoms with E-state index in [1.807, 2.05) is 26.0 Å². The lowest BCUT2D eigenvalue weighted by molar-refractivity contribution is -0.134. The van der Waals surface area contributed by atoms with E-state index in [4.69, 9.17) is 16.3 Å². The lowest BCUT2D eigenvalue weighted by Gasteiger charge is -2.40. The van der Waals surface area contributed by atoms with Gasteiger partial charge >= 0.3 is 0 Å². The van der Waals surface area contributed by atoms with Gasteiger partial charge in [0, 0.05) is 18.1 Å². The molecule has 0 spiro atoms. The first-order valence-electron chi connectivity index (χ1n) is 8.07. The van der Waals surface area contributed by atoms with Crippen molar-refractivity contribution in [3.05, 3.63) is 29.3 Å². The van der Waals surface area contributed by atoms with Crippen molar-refractivity contribution in [2.24, 2.45) is 5.92 Å². The molecule has 1 aliphatic rings. The first-order chi connectivity index (χ1) is 10.9. The number of amides is 1. The van der Waals surface area contributed by atoms with E-state index < -0.39 is 0 Å². The predicted octanol–water partition coefficient (Wildman–Crippen LogP) is 2.92. The first kappa shape index (κ1) is 18.0. The van der Waals surface area contributed by atoms with Crippen molar-refractivity contribution in [1.82, 2.24) is 10.3 Å². The summed E-state index contributed by atoms with van der Waals surface area (Å²) in [6.45, 7) is 9.74. The summed E-state index contributed by atoms with van der Waals surface area (Å²) < 4.78 is 5.76. The van der Waals surface area contributed by atoms with Gasteiger partial charge in [-0.3, -0.25) is 20.5 Å². The zero-order valence-corrected chi connectivity index (χ0v) is 14.9. The number of nitrogens with one attached hydrogen (secondary N) is 2. The Kier molecular flexibility index (Phi) is 6.27. The van der Waals surface area contributed by atoms with Gasteiger partial charge in [0.1, 0.15) is 0 Å². The van der Waals surface area contributed by atoms with E-state index in [-0.39, 0.29) is 30.1 Å². The Bertz CT molecular complexity index is 528. The summed E-state index contributed by atoms with van der Waals surface area (Å²) in [5.74, 6) is 0.162. The van der Waals surface area contributed by atoms with Crippen LogP contribution in [0.4, 0.5) is 5.69 Å². The van der Waals surface area contributed by atoms with Crippen molar-refractivity contribution in [1.29, 1.82) is 0 Å². The molecule has 1 heterocycles. The van der Waals surface area contributed by atoms with E-state index in [2.05, 4.69) is 29.6 Å². The maximum Gasteiger partial charge on any atom is 0.255 e. The van der Waals surface area contributed by atoms with Crippen LogP contribution in [0.1, 0.15) is 27.7 Å². The standard InChI is InChI=1S/C17H26ClN3O2/c1-11(2)16(21-9-12(3)23-13(4)10-21)17(22)20-19-15-7-5-6-14(18)8-15/h5-8,11-13,16,19H,9-10H2,1-4H3,(H,20,22). The van der Waals surface area contributed by atoms with Crippen LogP contribution in [-0.2, 0) is 9.53 Å². The highest BCUT2D eigenvalue weighted by atomic mass is 35.5. The maximum absolute atomic E-state index is 12.7. The molecule has 1 fully saturated rings. The predicted molar refractivity (Wildman–Crippen MR) is 93.4 cm³/mol. The van der Waals surface area contributed by atoms with Gasteiger partial charge in [0.05, 0.1) is 23.9 Å². The SMILES string of the molecule is CC1CN(C(C(=O)NNc2cccc(Cl)c2)C(C)C)CC(C)O1. The maximum atomic E-state index is 12.7. The summed E-state index contributed by atoms with van der Waals surface area (Å²) in [4.78, 5) is 14.9. The molecule has 0 aromatic heterocycles. The number of hydrogen-bond donors (Lipinski definition) is 2. The molecule has 0 aliphatic carbocycles. The number of morpholine rings is 1. The van der Waals surface area contributed by atoms with Gasteiger partial charge in [-0.1, -0.05) is 31.5 Å². The largest absolute Gasteiger partial charge is 0.373 e. The van der Waals surface area contributed by atoms with Gasteiger partial charge in [-0.25, -0.2) is 0 Å². The minimum absolute atomic E-state index is 0.0405. The van der Waals surface area contributed by atoms with Gasteiger partial charge in [0.2, 0.25) is 0 Å². The number of benzene rings is 1. The van der Waals surface area contributed by atoms with Crippen molar-refractivity contribution in [2.45, 2.75) is 45.9 Å². The molecule has 0 saturated carbocycles. The molecule has 2 N–H and O–H groups in total. The zero-order valence-electron chi connectivity index (χ0n) is 14.2. The number of hydrogen-bond acceptors (Lipinski definition) is 4. The fraction of sp³-hybridized carbons (Fsp3) is 0.588. The quantitative estimate of drug-likeness (QED) is 0.810. The molecule has 1 amide bonds. The van der Waals surface area contributed by atoms with E-state index in [0.29, 0.717) is 5.02 Å². The molecule has 1 saturated heterocycles. The molecule has 2 rings (SSSR count). The van der Waals surface area contributed by atoms with Crippen LogP contribution in [0.15, 0.2) is 24.3 Å². The molecule has 1 aromatic rings. The number of anilines is 1. The number of rotatable bonds is 5. The Morgan fingerprint density at radius 2 is 1.96 bits per heavy atom. The molecule has 0 radical (unpaired) electrons. The molecule has 1 aromatic carbocycles. The van der Waals surface area contributed by atoms with Gasteiger partial charge in [0.15, 0.2) is 0 Å². The molecule has 1 aliphatic heterocycles. The summed E-state index contributed by atoms with van der Waals surface area (Å²) in [5, 5.41) is 0.625. The van der Waals surface area contributed by atoms with Crippen LogP contribution in [0.2, 0.25) is 5.02 Å². The van der Waals surface area contributed by atoms with Gasteiger partial charge in [-0.05, 0) is 38.0 Å². The average Bonchev–Trinajstić information content (AvgIpc) is 2.44. The Balaban J connectivity index is 2.01.